The van der Waals surface area contributed by atoms with Gasteiger partial charge in [0.1, 0.15) is 0 Å². The van der Waals surface area contributed by atoms with Gasteiger partial charge < -0.3 is 11.1 Å². The van der Waals surface area contributed by atoms with Gasteiger partial charge in [-0.3, -0.25) is 4.79 Å². The Morgan fingerprint density at radius 1 is 1.40 bits per heavy atom. The van der Waals surface area contributed by atoms with E-state index in [-0.39, 0.29) is 5.91 Å². The fourth-order valence-electron chi connectivity index (χ4n) is 1.80. The van der Waals surface area contributed by atoms with Crippen molar-refractivity contribution in [3.05, 3.63) is 0 Å². The average molecular weight is 212 g/mol. The van der Waals surface area contributed by atoms with E-state index in [2.05, 4.69) is 12.2 Å². The van der Waals surface area contributed by atoms with E-state index >= 15 is 0 Å². The van der Waals surface area contributed by atoms with Gasteiger partial charge in [0.15, 0.2) is 0 Å². The zero-order valence-corrected chi connectivity index (χ0v) is 9.80. The Hall–Kier alpha value is -0.570. The Labute approximate surface area is 92.8 Å². The molecule has 0 aromatic carbocycles. The van der Waals surface area contributed by atoms with Crippen molar-refractivity contribution in [1.82, 2.24) is 5.32 Å². The number of carbonyl (C=O) groups is 1. The van der Waals surface area contributed by atoms with Crippen molar-refractivity contribution >= 4 is 5.91 Å². The van der Waals surface area contributed by atoms with Crippen LogP contribution in [0.3, 0.4) is 0 Å². The molecule has 0 bridgehead atoms. The first-order valence-corrected chi connectivity index (χ1v) is 6.20. The smallest absolute Gasteiger partial charge is 0.220 e. The van der Waals surface area contributed by atoms with Crippen molar-refractivity contribution in [3.63, 3.8) is 0 Å². The summed E-state index contributed by atoms with van der Waals surface area (Å²) in [5.74, 6) is 1.75. The van der Waals surface area contributed by atoms with Crippen LogP contribution in [0.4, 0.5) is 0 Å². The van der Waals surface area contributed by atoms with Gasteiger partial charge in [0, 0.05) is 13.0 Å². The molecule has 3 heteroatoms. The summed E-state index contributed by atoms with van der Waals surface area (Å²) in [5.41, 5.74) is 5.38. The maximum absolute atomic E-state index is 11.4. The highest BCUT2D eigenvalue weighted by Crippen LogP contribution is 2.36. The Morgan fingerprint density at radius 2 is 2.13 bits per heavy atom. The van der Waals surface area contributed by atoms with Gasteiger partial charge >= 0.3 is 0 Å². The number of unbranched alkanes of at least 4 members (excludes halogenated alkanes) is 2. The van der Waals surface area contributed by atoms with Crippen molar-refractivity contribution in [2.45, 2.75) is 45.4 Å². The number of rotatable bonds is 8. The van der Waals surface area contributed by atoms with Gasteiger partial charge in [-0.05, 0) is 44.1 Å². The van der Waals surface area contributed by atoms with Gasteiger partial charge in [-0.15, -0.1) is 0 Å². The molecule has 1 unspecified atom stereocenters. The number of hydrogen-bond acceptors (Lipinski definition) is 2. The molecular weight excluding hydrogens is 188 g/mol. The summed E-state index contributed by atoms with van der Waals surface area (Å²) in [5, 5.41) is 3.01. The number of nitrogens with one attached hydrogen (secondary N) is 1. The Bertz CT molecular complexity index is 190. The number of carbonyl (C=O) groups excluding carboxylic acids is 1. The molecule has 0 aromatic heterocycles. The molecular formula is C12H24N2O. The number of amides is 1. The zero-order valence-electron chi connectivity index (χ0n) is 9.80. The van der Waals surface area contributed by atoms with E-state index in [0.29, 0.717) is 12.3 Å². The van der Waals surface area contributed by atoms with Crippen molar-refractivity contribution in [3.8, 4) is 0 Å². The van der Waals surface area contributed by atoms with Gasteiger partial charge in [0.05, 0.1) is 0 Å². The third kappa shape index (κ3) is 5.78. The maximum Gasteiger partial charge on any atom is 0.220 e. The Kier molecular flexibility index (Phi) is 5.69. The van der Waals surface area contributed by atoms with Gasteiger partial charge in [0.25, 0.3) is 0 Å². The summed E-state index contributed by atoms with van der Waals surface area (Å²) in [4.78, 5) is 11.4. The highest BCUT2D eigenvalue weighted by Gasteiger charge is 2.27. The highest BCUT2D eigenvalue weighted by atomic mass is 16.1. The lowest BCUT2D eigenvalue weighted by atomic mass is 10.1. The van der Waals surface area contributed by atoms with Gasteiger partial charge in [0.2, 0.25) is 5.91 Å². The Balaban J connectivity index is 1.93. The summed E-state index contributed by atoms with van der Waals surface area (Å²) in [6.07, 6.45) is 6.45. The summed E-state index contributed by atoms with van der Waals surface area (Å²) in [6.45, 7) is 3.83. The molecule has 1 saturated carbocycles. The molecule has 0 aliphatic heterocycles. The molecule has 3 N–H and O–H groups in total. The zero-order chi connectivity index (χ0) is 11.1. The van der Waals surface area contributed by atoms with Crippen LogP contribution in [-0.4, -0.2) is 19.0 Å². The summed E-state index contributed by atoms with van der Waals surface area (Å²) in [7, 11) is 0. The molecule has 0 radical (unpaired) electrons. The summed E-state index contributed by atoms with van der Waals surface area (Å²) in [6, 6.07) is 0. The fourth-order valence-corrected chi connectivity index (χ4v) is 1.80. The fraction of sp³-hybridized carbons (Fsp3) is 0.917. The van der Waals surface area contributed by atoms with Crippen LogP contribution in [0.25, 0.3) is 0 Å². The number of hydrogen-bond donors (Lipinski definition) is 2. The minimum absolute atomic E-state index is 0.208. The second-order valence-electron chi connectivity index (χ2n) is 4.72. The molecule has 3 nitrogen and oxygen atoms in total. The van der Waals surface area contributed by atoms with E-state index < -0.39 is 0 Å². The SMILES string of the molecule is CC(CNC(=O)CCCCCN)C1CC1. The van der Waals surface area contributed by atoms with Crippen molar-refractivity contribution in [1.29, 1.82) is 0 Å². The van der Waals surface area contributed by atoms with Gasteiger partial charge in [-0.25, -0.2) is 0 Å². The molecule has 0 spiro atoms. The minimum atomic E-state index is 0.208. The molecule has 15 heavy (non-hydrogen) atoms. The van der Waals surface area contributed by atoms with Crippen LogP contribution < -0.4 is 11.1 Å². The van der Waals surface area contributed by atoms with E-state index in [4.69, 9.17) is 5.73 Å². The molecule has 88 valence electrons. The average Bonchev–Trinajstić information content (AvgIpc) is 3.04. The molecule has 1 atom stereocenters. The predicted octanol–water partition coefficient (Wildman–Crippen LogP) is 1.67. The van der Waals surface area contributed by atoms with Crippen LogP contribution >= 0.6 is 0 Å². The molecule has 1 fully saturated rings. The van der Waals surface area contributed by atoms with Crippen molar-refractivity contribution in [2.24, 2.45) is 17.6 Å². The second kappa shape index (κ2) is 6.83. The largest absolute Gasteiger partial charge is 0.356 e. The van der Waals surface area contributed by atoms with Crippen molar-refractivity contribution in [2.75, 3.05) is 13.1 Å². The molecule has 1 amide bonds. The Morgan fingerprint density at radius 3 is 2.73 bits per heavy atom. The lowest BCUT2D eigenvalue weighted by Crippen LogP contribution is -2.28. The molecule has 1 aliphatic carbocycles. The molecule has 0 saturated heterocycles. The van der Waals surface area contributed by atoms with E-state index in [1.165, 1.54) is 12.8 Å². The van der Waals surface area contributed by atoms with Crippen LogP contribution in [0, 0.1) is 11.8 Å². The second-order valence-corrected chi connectivity index (χ2v) is 4.72. The highest BCUT2D eigenvalue weighted by molar-refractivity contribution is 5.75. The molecule has 0 aromatic rings. The maximum atomic E-state index is 11.4. The van der Waals surface area contributed by atoms with E-state index in [1.807, 2.05) is 0 Å². The topological polar surface area (TPSA) is 55.1 Å². The minimum Gasteiger partial charge on any atom is -0.356 e. The first-order chi connectivity index (χ1) is 7.24. The normalized spacial score (nSPS) is 17.5. The van der Waals surface area contributed by atoms with Crippen LogP contribution in [0.15, 0.2) is 0 Å². The lowest BCUT2D eigenvalue weighted by molar-refractivity contribution is -0.121. The third-order valence-corrected chi connectivity index (χ3v) is 3.16. The molecule has 0 heterocycles. The summed E-state index contributed by atoms with van der Waals surface area (Å²) < 4.78 is 0. The van der Waals surface area contributed by atoms with Crippen molar-refractivity contribution < 1.29 is 4.79 Å². The van der Waals surface area contributed by atoms with Crippen LogP contribution in [0.1, 0.15) is 45.4 Å². The predicted molar refractivity (Wildman–Crippen MR) is 62.4 cm³/mol. The van der Waals surface area contributed by atoms with E-state index in [0.717, 1.165) is 38.3 Å². The third-order valence-electron chi connectivity index (χ3n) is 3.16. The first kappa shape index (κ1) is 12.5. The van der Waals surface area contributed by atoms with Crippen LogP contribution in [0.2, 0.25) is 0 Å². The number of nitrogens with two attached hydrogens (primary N) is 1. The lowest BCUT2D eigenvalue weighted by Gasteiger charge is -2.11. The van der Waals surface area contributed by atoms with Crippen LogP contribution in [0.5, 0.6) is 0 Å². The molecule has 1 rings (SSSR count). The van der Waals surface area contributed by atoms with Gasteiger partial charge in [-0.1, -0.05) is 13.3 Å². The molecule has 1 aliphatic rings. The van der Waals surface area contributed by atoms with E-state index in [9.17, 15) is 4.79 Å². The van der Waals surface area contributed by atoms with Gasteiger partial charge in [-0.2, -0.15) is 0 Å². The van der Waals surface area contributed by atoms with Crippen LogP contribution in [-0.2, 0) is 4.79 Å². The van der Waals surface area contributed by atoms with E-state index in [1.54, 1.807) is 0 Å². The summed E-state index contributed by atoms with van der Waals surface area (Å²) >= 11 is 0. The standard InChI is InChI=1S/C12H24N2O/c1-10(11-6-7-11)9-14-12(15)5-3-2-4-8-13/h10-11H,2-9,13H2,1H3,(H,14,15). The first-order valence-electron chi connectivity index (χ1n) is 6.20. The quantitative estimate of drug-likeness (QED) is 0.601. The monoisotopic (exact) mass is 212 g/mol.